The van der Waals surface area contributed by atoms with Gasteiger partial charge in [0.1, 0.15) is 12.4 Å². The van der Waals surface area contributed by atoms with Crippen LogP contribution in [0, 0.1) is 6.92 Å². The highest BCUT2D eigenvalue weighted by Crippen LogP contribution is 2.20. The maximum absolute atomic E-state index is 12.6. The maximum Gasteiger partial charge on any atom is 0.276 e. The molecule has 2 heterocycles. The second-order valence-electron chi connectivity index (χ2n) is 7.44. The second-order valence-corrected chi connectivity index (χ2v) is 7.44. The van der Waals surface area contributed by atoms with E-state index in [1.807, 2.05) is 47.3 Å². The number of amides is 1. The summed E-state index contributed by atoms with van der Waals surface area (Å²) >= 11 is 0. The summed E-state index contributed by atoms with van der Waals surface area (Å²) in [6, 6.07) is 17.7. The highest BCUT2D eigenvalue weighted by Gasteiger charge is 2.17. The Balaban J connectivity index is 0.00000256. The Kier molecular flexibility index (Phi) is 7.49. The van der Waals surface area contributed by atoms with Gasteiger partial charge in [0.15, 0.2) is 5.69 Å². The van der Waals surface area contributed by atoms with Crippen molar-refractivity contribution in [3.05, 3.63) is 77.6 Å². The van der Waals surface area contributed by atoms with Crippen LogP contribution in [0.1, 0.15) is 40.5 Å². The standard InChI is InChI=1S/C23H26N4O2.ClH/c1-17-5-2-6-18(13-17)16-29-21-9-3-7-19(14-21)25-23(28)22-10-12-27(26-22)20-8-4-11-24-15-20;/h2-3,5-7,9-10,12-14,20,24H,4,8,11,15-16H2,1H3,(H,25,28);1H. The van der Waals surface area contributed by atoms with Crippen LogP contribution < -0.4 is 15.4 Å². The van der Waals surface area contributed by atoms with Crippen molar-refractivity contribution in [3.63, 3.8) is 0 Å². The topological polar surface area (TPSA) is 68.2 Å². The maximum atomic E-state index is 12.6. The first-order valence-corrected chi connectivity index (χ1v) is 10.0. The molecule has 1 fully saturated rings. The molecule has 6 nitrogen and oxygen atoms in total. The summed E-state index contributed by atoms with van der Waals surface area (Å²) in [5.41, 5.74) is 3.42. The van der Waals surface area contributed by atoms with E-state index in [1.165, 1.54) is 5.56 Å². The number of hydrogen-bond acceptors (Lipinski definition) is 4. The van der Waals surface area contributed by atoms with Crippen molar-refractivity contribution in [2.45, 2.75) is 32.4 Å². The van der Waals surface area contributed by atoms with Crippen molar-refractivity contribution >= 4 is 24.0 Å². The van der Waals surface area contributed by atoms with Crippen molar-refractivity contribution < 1.29 is 9.53 Å². The lowest BCUT2D eigenvalue weighted by molar-refractivity contribution is 0.102. The second kappa shape index (κ2) is 10.3. The number of nitrogens with zero attached hydrogens (tertiary/aromatic N) is 2. The van der Waals surface area contributed by atoms with Gasteiger partial charge in [-0.1, -0.05) is 35.9 Å². The van der Waals surface area contributed by atoms with E-state index in [4.69, 9.17) is 4.74 Å². The van der Waals surface area contributed by atoms with Gasteiger partial charge in [-0.2, -0.15) is 5.10 Å². The number of carbonyl (C=O) groups excluding carboxylic acids is 1. The number of aryl methyl sites for hydroxylation is 1. The van der Waals surface area contributed by atoms with Crippen molar-refractivity contribution in [2.75, 3.05) is 18.4 Å². The number of benzene rings is 2. The predicted octanol–water partition coefficient (Wildman–Crippen LogP) is 4.37. The lowest BCUT2D eigenvalue weighted by Crippen LogP contribution is -2.32. The number of rotatable bonds is 6. The van der Waals surface area contributed by atoms with Gasteiger partial charge < -0.3 is 15.4 Å². The molecule has 1 aliphatic heterocycles. The van der Waals surface area contributed by atoms with Gasteiger partial charge in [-0.05, 0) is 50.1 Å². The van der Waals surface area contributed by atoms with Crippen LogP contribution in [0.3, 0.4) is 0 Å². The van der Waals surface area contributed by atoms with Gasteiger partial charge in [-0.15, -0.1) is 12.4 Å². The Morgan fingerprint density at radius 2 is 2.10 bits per heavy atom. The van der Waals surface area contributed by atoms with Crippen LogP contribution in [0.25, 0.3) is 0 Å². The third-order valence-corrected chi connectivity index (χ3v) is 5.07. The number of nitrogens with one attached hydrogen (secondary N) is 2. The van der Waals surface area contributed by atoms with Gasteiger partial charge in [-0.3, -0.25) is 9.48 Å². The van der Waals surface area contributed by atoms with Crippen LogP contribution in [0.4, 0.5) is 5.69 Å². The minimum Gasteiger partial charge on any atom is -0.489 e. The molecule has 4 rings (SSSR count). The molecule has 3 aromatic rings. The summed E-state index contributed by atoms with van der Waals surface area (Å²) in [6.07, 6.45) is 4.09. The van der Waals surface area contributed by atoms with Crippen molar-refractivity contribution in [3.8, 4) is 5.75 Å². The number of piperidine rings is 1. The highest BCUT2D eigenvalue weighted by atomic mass is 35.5. The van der Waals surface area contributed by atoms with E-state index < -0.39 is 0 Å². The van der Waals surface area contributed by atoms with E-state index >= 15 is 0 Å². The van der Waals surface area contributed by atoms with Crippen LogP contribution in [0.2, 0.25) is 0 Å². The summed E-state index contributed by atoms with van der Waals surface area (Å²) in [7, 11) is 0. The zero-order valence-electron chi connectivity index (χ0n) is 17.0. The Bertz CT molecular complexity index is 983. The highest BCUT2D eigenvalue weighted by molar-refractivity contribution is 6.02. The molecule has 1 aliphatic rings. The fraction of sp³-hybridized carbons (Fsp3) is 0.304. The third kappa shape index (κ3) is 5.62. The fourth-order valence-corrected chi connectivity index (χ4v) is 3.55. The molecular weight excluding hydrogens is 400 g/mol. The normalized spacial score (nSPS) is 15.8. The van der Waals surface area contributed by atoms with Gasteiger partial charge in [0.05, 0.1) is 6.04 Å². The first kappa shape index (κ1) is 21.9. The van der Waals surface area contributed by atoms with E-state index in [2.05, 4.69) is 34.8 Å². The number of carbonyl (C=O) groups is 1. The zero-order valence-corrected chi connectivity index (χ0v) is 17.8. The molecule has 0 radical (unpaired) electrons. The van der Waals surface area contributed by atoms with Gasteiger partial charge in [-0.25, -0.2) is 0 Å². The number of ether oxygens (including phenoxy) is 1. The largest absolute Gasteiger partial charge is 0.489 e. The Morgan fingerprint density at radius 3 is 2.90 bits per heavy atom. The average molecular weight is 427 g/mol. The molecule has 1 saturated heterocycles. The first-order valence-electron chi connectivity index (χ1n) is 10.0. The molecule has 7 heteroatoms. The third-order valence-electron chi connectivity index (χ3n) is 5.07. The smallest absolute Gasteiger partial charge is 0.276 e. The Labute approximate surface area is 183 Å². The van der Waals surface area contributed by atoms with E-state index in [0.29, 0.717) is 29.8 Å². The van der Waals surface area contributed by atoms with Crippen LogP contribution >= 0.6 is 12.4 Å². The molecule has 0 saturated carbocycles. The summed E-state index contributed by atoms with van der Waals surface area (Å²) in [4.78, 5) is 12.6. The molecule has 1 aromatic heterocycles. The van der Waals surface area contributed by atoms with Crippen LogP contribution in [-0.4, -0.2) is 28.8 Å². The quantitative estimate of drug-likeness (QED) is 0.614. The summed E-state index contributed by atoms with van der Waals surface area (Å²) in [5.74, 6) is 0.492. The summed E-state index contributed by atoms with van der Waals surface area (Å²) < 4.78 is 7.77. The van der Waals surface area contributed by atoms with Crippen molar-refractivity contribution in [2.24, 2.45) is 0 Å². The molecular formula is C23H27ClN4O2. The molecule has 0 spiro atoms. The average Bonchev–Trinajstić information content (AvgIpc) is 3.24. The molecule has 2 aromatic carbocycles. The number of halogens is 1. The van der Waals surface area contributed by atoms with Crippen LogP contribution in [0.15, 0.2) is 60.8 Å². The Morgan fingerprint density at radius 1 is 1.23 bits per heavy atom. The molecule has 158 valence electrons. The number of anilines is 1. The van der Waals surface area contributed by atoms with Crippen LogP contribution in [-0.2, 0) is 6.61 Å². The van der Waals surface area contributed by atoms with E-state index in [9.17, 15) is 4.79 Å². The minimum atomic E-state index is -0.219. The monoisotopic (exact) mass is 426 g/mol. The predicted molar refractivity (Wildman–Crippen MR) is 121 cm³/mol. The molecule has 1 unspecified atom stereocenters. The molecule has 0 aliphatic carbocycles. The summed E-state index contributed by atoms with van der Waals surface area (Å²) in [5, 5.41) is 10.8. The summed E-state index contributed by atoms with van der Waals surface area (Å²) in [6.45, 7) is 4.49. The molecule has 0 bridgehead atoms. The fourth-order valence-electron chi connectivity index (χ4n) is 3.55. The molecule has 1 amide bonds. The van der Waals surface area contributed by atoms with Crippen LogP contribution in [0.5, 0.6) is 5.75 Å². The van der Waals surface area contributed by atoms with Gasteiger partial charge >= 0.3 is 0 Å². The first-order chi connectivity index (χ1) is 14.2. The lowest BCUT2D eigenvalue weighted by atomic mass is 10.1. The minimum absolute atomic E-state index is 0. The SMILES string of the molecule is Cc1cccc(COc2cccc(NC(=O)c3ccn(C4CCCNC4)n3)c2)c1.Cl. The van der Waals surface area contributed by atoms with E-state index in [-0.39, 0.29) is 18.3 Å². The zero-order chi connectivity index (χ0) is 20.1. The molecule has 1 atom stereocenters. The van der Waals surface area contributed by atoms with Gasteiger partial charge in [0.2, 0.25) is 0 Å². The molecule has 30 heavy (non-hydrogen) atoms. The number of aromatic nitrogens is 2. The van der Waals surface area contributed by atoms with E-state index in [0.717, 1.165) is 31.5 Å². The van der Waals surface area contributed by atoms with Gasteiger partial charge in [0, 0.05) is 24.5 Å². The number of hydrogen-bond donors (Lipinski definition) is 2. The molecule has 2 N–H and O–H groups in total. The van der Waals surface area contributed by atoms with Crippen molar-refractivity contribution in [1.82, 2.24) is 15.1 Å². The van der Waals surface area contributed by atoms with Crippen molar-refractivity contribution in [1.29, 1.82) is 0 Å². The van der Waals surface area contributed by atoms with E-state index in [1.54, 1.807) is 6.07 Å². The lowest BCUT2D eigenvalue weighted by Gasteiger charge is -2.22. The van der Waals surface area contributed by atoms with Gasteiger partial charge in [0.25, 0.3) is 5.91 Å². The Hall–Kier alpha value is -2.83.